The number of aryl methyl sites for hydroxylation is 7. The zero-order valence-corrected chi connectivity index (χ0v) is 34.2. The van der Waals surface area contributed by atoms with E-state index in [4.69, 9.17) is 0 Å². The molecule has 52 heavy (non-hydrogen) atoms. The Morgan fingerprint density at radius 1 is 0.519 bits per heavy atom. The maximum atomic E-state index is 2.59. The molecule has 4 heteroatoms. The largest absolute Gasteiger partial charge is 0.374 e. The fraction of sp³-hybridized carbons (Fsp3) is 0.500. The first-order chi connectivity index (χ1) is 24.8. The van der Waals surface area contributed by atoms with Gasteiger partial charge in [0.15, 0.2) is 0 Å². The van der Waals surface area contributed by atoms with Gasteiger partial charge in [-0.15, -0.1) is 0 Å². The molecule has 1 atom stereocenters. The minimum atomic E-state index is 0.279. The molecular formula is C48H66N4. The van der Waals surface area contributed by atoms with Crippen LogP contribution >= 0.6 is 0 Å². The van der Waals surface area contributed by atoms with Crippen molar-refractivity contribution in [3.05, 3.63) is 117 Å². The number of nitrogens with zero attached hydrogens (tertiary/aromatic N) is 4. The molecule has 4 aromatic carbocycles. The highest BCUT2D eigenvalue weighted by Gasteiger charge is 2.33. The molecule has 1 unspecified atom stereocenters. The number of fused-ring (bicyclic) bond motifs is 3. The van der Waals surface area contributed by atoms with E-state index in [2.05, 4.69) is 156 Å². The second-order valence-electron chi connectivity index (χ2n) is 17.1. The van der Waals surface area contributed by atoms with Gasteiger partial charge < -0.3 is 19.6 Å². The van der Waals surface area contributed by atoms with Crippen molar-refractivity contribution >= 4 is 22.7 Å². The van der Waals surface area contributed by atoms with E-state index in [0.29, 0.717) is 5.92 Å². The summed E-state index contributed by atoms with van der Waals surface area (Å²) in [5, 5.41) is 0. The van der Waals surface area contributed by atoms with Crippen LogP contribution in [0.15, 0.2) is 66.7 Å². The van der Waals surface area contributed by atoms with Gasteiger partial charge in [0.1, 0.15) is 0 Å². The molecule has 5 aliphatic rings. The molecule has 0 spiro atoms. The highest BCUT2D eigenvalue weighted by molar-refractivity contribution is 5.64. The van der Waals surface area contributed by atoms with Crippen molar-refractivity contribution < 1.29 is 0 Å². The third-order valence-electron chi connectivity index (χ3n) is 12.2. The van der Waals surface area contributed by atoms with Crippen molar-refractivity contribution in [3.8, 4) is 0 Å². The molecule has 4 nitrogen and oxygen atoms in total. The Morgan fingerprint density at radius 2 is 0.981 bits per heavy atom. The van der Waals surface area contributed by atoms with Crippen LogP contribution in [-0.2, 0) is 25.7 Å². The summed E-state index contributed by atoms with van der Waals surface area (Å²) in [4.78, 5) is 9.67. The molecule has 0 saturated carbocycles. The molecule has 4 aromatic rings. The number of hydrogen-bond donors (Lipinski definition) is 0. The van der Waals surface area contributed by atoms with Crippen LogP contribution in [0.4, 0.5) is 22.7 Å². The van der Waals surface area contributed by atoms with Crippen LogP contribution < -0.4 is 19.6 Å². The standard InChI is InChI=1S/C14H21N.C13H17N.C11H15N.C10H13N/c1-10-6-7-13-12(8-10)11(2)9-14(3,4)15(13)5;1-10-8-11-4-2-6-14-7-3-5-12(9-10)13(11)14;1-9-5-6-11-10(8-9)4-3-7-12(11)2;1-8-3-4-10-9(7-8)5-6-11(10)2/h6-8,11H,9H2,1-5H3;8-9H,2-7H2,1H3;5-6,8H,3-4,7H2,1-2H3;3-4,7H,5-6H2,1-2H3. The third-order valence-corrected chi connectivity index (χ3v) is 12.2. The molecule has 0 saturated heterocycles. The molecule has 5 heterocycles. The van der Waals surface area contributed by atoms with Gasteiger partial charge in [0.2, 0.25) is 0 Å². The van der Waals surface area contributed by atoms with E-state index < -0.39 is 0 Å². The van der Waals surface area contributed by atoms with E-state index in [1.165, 1.54) is 134 Å². The van der Waals surface area contributed by atoms with E-state index >= 15 is 0 Å². The summed E-state index contributed by atoms with van der Waals surface area (Å²) >= 11 is 0. The average Bonchev–Trinajstić information content (AvgIpc) is 3.47. The molecule has 9 rings (SSSR count). The van der Waals surface area contributed by atoms with Crippen LogP contribution in [-0.4, -0.2) is 52.9 Å². The van der Waals surface area contributed by atoms with E-state index in [9.17, 15) is 0 Å². The summed E-state index contributed by atoms with van der Waals surface area (Å²) in [6.45, 7) is 20.6. The number of hydrogen-bond acceptors (Lipinski definition) is 4. The van der Waals surface area contributed by atoms with Crippen molar-refractivity contribution in [1.82, 2.24) is 0 Å². The van der Waals surface area contributed by atoms with Crippen molar-refractivity contribution in [1.29, 1.82) is 0 Å². The van der Waals surface area contributed by atoms with Gasteiger partial charge in [-0.2, -0.15) is 0 Å². The summed E-state index contributed by atoms with van der Waals surface area (Å²) < 4.78 is 0. The predicted octanol–water partition coefficient (Wildman–Crippen LogP) is 10.8. The Hall–Kier alpha value is -3.92. The quantitative estimate of drug-likeness (QED) is 0.181. The highest BCUT2D eigenvalue weighted by atomic mass is 15.2. The minimum absolute atomic E-state index is 0.279. The zero-order chi connectivity index (χ0) is 37.2. The van der Waals surface area contributed by atoms with Gasteiger partial charge in [-0.05, 0) is 145 Å². The van der Waals surface area contributed by atoms with Crippen molar-refractivity contribution in [2.75, 3.05) is 66.9 Å². The summed E-state index contributed by atoms with van der Waals surface area (Å²) in [6.07, 6.45) is 10.3. The number of likely N-dealkylation sites (N-methyl/N-ethyl adjacent to an activating group) is 1. The summed E-state index contributed by atoms with van der Waals surface area (Å²) in [6, 6.07) is 25.0. The normalized spacial score (nSPS) is 19.0. The van der Waals surface area contributed by atoms with Gasteiger partial charge in [0.05, 0.1) is 0 Å². The van der Waals surface area contributed by atoms with Gasteiger partial charge in [-0.3, -0.25) is 0 Å². The van der Waals surface area contributed by atoms with Crippen molar-refractivity contribution in [3.63, 3.8) is 0 Å². The van der Waals surface area contributed by atoms with Crippen LogP contribution in [0, 0.1) is 27.7 Å². The Labute approximate surface area is 316 Å². The van der Waals surface area contributed by atoms with Crippen LogP contribution in [0.25, 0.3) is 0 Å². The van der Waals surface area contributed by atoms with E-state index in [1.807, 2.05) is 0 Å². The van der Waals surface area contributed by atoms with Crippen molar-refractivity contribution in [2.24, 2.45) is 0 Å². The first kappa shape index (κ1) is 37.8. The lowest BCUT2D eigenvalue weighted by Crippen LogP contribution is -2.45. The van der Waals surface area contributed by atoms with E-state index in [0.717, 1.165) is 0 Å². The second-order valence-corrected chi connectivity index (χ2v) is 17.1. The monoisotopic (exact) mass is 699 g/mol. The Kier molecular flexibility index (Phi) is 11.6. The molecule has 0 N–H and O–H groups in total. The first-order valence-electron chi connectivity index (χ1n) is 20.1. The second kappa shape index (κ2) is 16.0. The molecule has 0 fully saturated rings. The van der Waals surface area contributed by atoms with Crippen LogP contribution in [0.3, 0.4) is 0 Å². The Balaban J connectivity index is 0.000000120. The highest BCUT2D eigenvalue weighted by Crippen LogP contribution is 2.42. The molecule has 5 aliphatic heterocycles. The lowest BCUT2D eigenvalue weighted by atomic mass is 9.80. The zero-order valence-electron chi connectivity index (χ0n) is 34.2. The van der Waals surface area contributed by atoms with E-state index in [-0.39, 0.29) is 5.54 Å². The van der Waals surface area contributed by atoms with E-state index in [1.54, 1.807) is 16.8 Å². The maximum absolute atomic E-state index is 2.59. The third kappa shape index (κ3) is 8.48. The first-order valence-corrected chi connectivity index (χ1v) is 20.1. The Morgan fingerprint density at radius 3 is 1.58 bits per heavy atom. The molecule has 0 radical (unpaired) electrons. The number of benzene rings is 4. The maximum Gasteiger partial charge on any atom is 0.0431 e. The van der Waals surface area contributed by atoms with Crippen molar-refractivity contribution in [2.45, 2.75) is 111 Å². The number of anilines is 4. The predicted molar refractivity (Wildman–Crippen MR) is 228 cm³/mol. The van der Waals surface area contributed by atoms with Crippen LogP contribution in [0.2, 0.25) is 0 Å². The molecular weight excluding hydrogens is 633 g/mol. The fourth-order valence-corrected chi connectivity index (χ4v) is 9.28. The smallest absolute Gasteiger partial charge is 0.0431 e. The Bertz CT molecular complexity index is 1820. The molecule has 0 aromatic heterocycles. The lowest BCUT2D eigenvalue weighted by molar-refractivity contribution is 0.395. The van der Waals surface area contributed by atoms with Gasteiger partial charge in [0, 0.05) is 75.6 Å². The van der Waals surface area contributed by atoms with Gasteiger partial charge in [-0.25, -0.2) is 0 Å². The summed E-state index contributed by atoms with van der Waals surface area (Å²) in [5.41, 5.74) is 19.4. The topological polar surface area (TPSA) is 13.0 Å². The van der Waals surface area contributed by atoms with Crippen LogP contribution in [0.1, 0.15) is 102 Å². The SMILES string of the molecule is Cc1cc2c3c(c1)CCCN3CCC2.Cc1ccc2c(c1)C(C)CC(C)(C)N2C.Cc1ccc2c(c1)CCCN2C.Cc1ccc2c(c1)CCN2C. The molecule has 0 amide bonds. The van der Waals surface area contributed by atoms with Gasteiger partial charge >= 0.3 is 0 Å². The molecule has 0 bridgehead atoms. The number of rotatable bonds is 0. The van der Waals surface area contributed by atoms with Crippen LogP contribution in [0.5, 0.6) is 0 Å². The summed E-state index contributed by atoms with van der Waals surface area (Å²) in [7, 11) is 6.54. The molecule has 0 aliphatic carbocycles. The molecule has 278 valence electrons. The lowest BCUT2D eigenvalue weighted by Gasteiger charge is -2.45. The minimum Gasteiger partial charge on any atom is -0.374 e. The summed E-state index contributed by atoms with van der Waals surface area (Å²) in [5.74, 6) is 0.672. The van der Waals surface area contributed by atoms with Gasteiger partial charge in [0.25, 0.3) is 0 Å². The fourth-order valence-electron chi connectivity index (χ4n) is 9.28. The average molecular weight is 699 g/mol. The van der Waals surface area contributed by atoms with Gasteiger partial charge in [-0.1, -0.05) is 77.7 Å².